The van der Waals surface area contributed by atoms with Crippen LogP contribution in [0.2, 0.25) is 0 Å². The molecule has 3 aromatic rings. The van der Waals surface area contributed by atoms with Gasteiger partial charge < -0.3 is 10.0 Å². The molecule has 1 heterocycles. The maximum atomic E-state index is 13.0. The molecule has 3 aromatic carbocycles. The van der Waals surface area contributed by atoms with Crippen LogP contribution in [0.1, 0.15) is 28.3 Å². The van der Waals surface area contributed by atoms with Crippen LogP contribution in [0.3, 0.4) is 0 Å². The second kappa shape index (κ2) is 8.28. The smallest absolute Gasteiger partial charge is 0.295 e. The number of hydrogen-bond acceptors (Lipinski definition) is 3. The van der Waals surface area contributed by atoms with Gasteiger partial charge in [-0.15, -0.1) is 0 Å². The summed E-state index contributed by atoms with van der Waals surface area (Å²) in [4.78, 5) is 27.5. The molecule has 1 aliphatic heterocycles. The predicted octanol–water partition coefficient (Wildman–Crippen LogP) is 5.38. The van der Waals surface area contributed by atoms with Crippen LogP contribution in [-0.4, -0.2) is 21.7 Å². The van der Waals surface area contributed by atoms with Gasteiger partial charge in [-0.2, -0.15) is 0 Å². The normalized spacial score (nSPS) is 18.1. The zero-order valence-electron chi connectivity index (χ0n) is 16.4. The van der Waals surface area contributed by atoms with Crippen LogP contribution in [0.5, 0.6) is 0 Å². The molecule has 0 spiro atoms. The van der Waals surface area contributed by atoms with Crippen molar-refractivity contribution < 1.29 is 14.7 Å². The van der Waals surface area contributed by atoms with E-state index in [-0.39, 0.29) is 17.9 Å². The number of nitrogens with zero attached hydrogens (tertiary/aromatic N) is 1. The average molecular weight is 462 g/mol. The van der Waals surface area contributed by atoms with Gasteiger partial charge in [0.05, 0.1) is 11.6 Å². The van der Waals surface area contributed by atoms with E-state index in [9.17, 15) is 14.7 Å². The quantitative estimate of drug-likeness (QED) is 0.322. The fourth-order valence-electron chi connectivity index (χ4n) is 3.68. The van der Waals surface area contributed by atoms with Gasteiger partial charge in [-0.25, -0.2) is 0 Å². The number of ketones is 1. The maximum Gasteiger partial charge on any atom is 0.295 e. The Kier molecular flexibility index (Phi) is 5.55. The number of aliphatic hydroxyl groups is 1. The van der Waals surface area contributed by atoms with Gasteiger partial charge in [0.1, 0.15) is 5.76 Å². The van der Waals surface area contributed by atoms with Crippen molar-refractivity contribution in [3.63, 3.8) is 0 Å². The lowest BCUT2D eigenvalue weighted by atomic mass is 9.95. The van der Waals surface area contributed by atoms with Crippen LogP contribution in [-0.2, 0) is 16.1 Å². The van der Waals surface area contributed by atoms with E-state index >= 15 is 0 Å². The lowest BCUT2D eigenvalue weighted by Crippen LogP contribution is -2.29. The van der Waals surface area contributed by atoms with Gasteiger partial charge in [0, 0.05) is 16.6 Å². The number of halogens is 1. The molecular formula is C25H20BrNO3. The van der Waals surface area contributed by atoms with Gasteiger partial charge in [-0.05, 0) is 30.2 Å². The first-order valence-corrected chi connectivity index (χ1v) is 10.4. The van der Waals surface area contributed by atoms with E-state index in [4.69, 9.17) is 0 Å². The fraction of sp³-hybridized carbons (Fsp3) is 0.120. The van der Waals surface area contributed by atoms with E-state index in [1.807, 2.05) is 73.7 Å². The van der Waals surface area contributed by atoms with Gasteiger partial charge in [-0.1, -0.05) is 88.2 Å². The Hall–Kier alpha value is -3.18. The molecule has 1 N–H and O–H groups in total. The number of rotatable bonds is 4. The SMILES string of the molecule is Cc1ccc(C(O)=C2C(=O)C(=O)N(Cc3ccccc3)C2c2ccc(Br)cc2)cc1. The highest BCUT2D eigenvalue weighted by Gasteiger charge is 2.46. The van der Waals surface area contributed by atoms with Crippen LogP contribution in [0, 0.1) is 6.92 Å². The van der Waals surface area contributed by atoms with Crippen molar-refractivity contribution in [3.8, 4) is 0 Å². The zero-order chi connectivity index (χ0) is 21.3. The molecule has 0 radical (unpaired) electrons. The monoisotopic (exact) mass is 461 g/mol. The van der Waals surface area contributed by atoms with Gasteiger partial charge in [-0.3, -0.25) is 9.59 Å². The number of aliphatic hydroxyl groups excluding tert-OH is 1. The number of Topliss-reactive ketones (excluding diaryl/α,β-unsaturated/α-hetero) is 1. The highest BCUT2D eigenvalue weighted by molar-refractivity contribution is 9.10. The molecule has 1 saturated heterocycles. The van der Waals surface area contributed by atoms with Gasteiger partial charge >= 0.3 is 0 Å². The molecule has 150 valence electrons. The van der Waals surface area contributed by atoms with Gasteiger partial charge in [0.15, 0.2) is 0 Å². The minimum absolute atomic E-state index is 0.113. The first-order chi connectivity index (χ1) is 14.5. The van der Waals surface area contributed by atoms with E-state index in [2.05, 4.69) is 15.9 Å². The topological polar surface area (TPSA) is 57.6 Å². The highest BCUT2D eigenvalue weighted by Crippen LogP contribution is 2.40. The molecule has 30 heavy (non-hydrogen) atoms. The number of carbonyl (C=O) groups is 2. The summed E-state index contributed by atoms with van der Waals surface area (Å²) in [5.74, 6) is -1.44. The number of benzene rings is 3. The van der Waals surface area contributed by atoms with Crippen molar-refractivity contribution in [2.75, 3.05) is 0 Å². The Morgan fingerprint density at radius 3 is 2.20 bits per heavy atom. The third-order valence-electron chi connectivity index (χ3n) is 5.25. The van der Waals surface area contributed by atoms with Crippen molar-refractivity contribution in [3.05, 3.63) is 111 Å². The summed E-state index contributed by atoms with van der Waals surface area (Å²) in [6.07, 6.45) is 0. The van der Waals surface area contributed by atoms with Crippen LogP contribution >= 0.6 is 15.9 Å². The molecule has 0 saturated carbocycles. The Morgan fingerprint density at radius 2 is 1.57 bits per heavy atom. The standard InChI is InChI=1S/C25H20BrNO3/c1-16-7-9-19(10-8-16)23(28)21-22(18-11-13-20(26)14-12-18)27(25(30)24(21)29)15-17-5-3-2-4-6-17/h2-14,22,28H,15H2,1H3. The Balaban J connectivity index is 1.85. The molecule has 0 aromatic heterocycles. The molecule has 1 fully saturated rings. The second-order valence-corrected chi connectivity index (χ2v) is 8.25. The van der Waals surface area contributed by atoms with E-state index in [1.165, 1.54) is 4.90 Å². The number of hydrogen-bond donors (Lipinski definition) is 1. The van der Waals surface area contributed by atoms with Crippen molar-refractivity contribution >= 4 is 33.4 Å². The summed E-state index contributed by atoms with van der Waals surface area (Å²) in [6, 6.07) is 23.6. The summed E-state index contributed by atoms with van der Waals surface area (Å²) in [7, 11) is 0. The van der Waals surface area contributed by atoms with Crippen molar-refractivity contribution in [1.29, 1.82) is 0 Å². The lowest BCUT2D eigenvalue weighted by Gasteiger charge is -2.25. The fourth-order valence-corrected chi connectivity index (χ4v) is 3.95. The minimum Gasteiger partial charge on any atom is -0.507 e. The second-order valence-electron chi connectivity index (χ2n) is 7.33. The molecule has 5 heteroatoms. The molecule has 1 aliphatic rings. The molecule has 0 aliphatic carbocycles. The van der Waals surface area contributed by atoms with Crippen LogP contribution in [0.15, 0.2) is 88.9 Å². The summed E-state index contributed by atoms with van der Waals surface area (Å²) in [5.41, 5.74) is 3.35. The zero-order valence-corrected chi connectivity index (χ0v) is 18.0. The van der Waals surface area contributed by atoms with Crippen molar-refractivity contribution in [2.45, 2.75) is 19.5 Å². The Bertz CT molecular complexity index is 1120. The van der Waals surface area contributed by atoms with Gasteiger partial charge in [0.25, 0.3) is 11.7 Å². The van der Waals surface area contributed by atoms with Crippen molar-refractivity contribution in [2.24, 2.45) is 0 Å². The van der Waals surface area contributed by atoms with Crippen LogP contribution in [0.4, 0.5) is 0 Å². The number of likely N-dealkylation sites (tertiary alicyclic amines) is 1. The first kappa shape index (κ1) is 20.1. The van der Waals surface area contributed by atoms with E-state index in [1.54, 1.807) is 12.1 Å². The molecule has 0 bridgehead atoms. The Labute approximate surface area is 183 Å². The molecule has 4 rings (SSSR count). The maximum absolute atomic E-state index is 13.0. The van der Waals surface area contributed by atoms with E-state index < -0.39 is 17.7 Å². The van der Waals surface area contributed by atoms with E-state index in [0.717, 1.165) is 21.2 Å². The van der Waals surface area contributed by atoms with Crippen LogP contribution < -0.4 is 0 Å². The summed E-state index contributed by atoms with van der Waals surface area (Å²) in [5, 5.41) is 11.0. The lowest BCUT2D eigenvalue weighted by molar-refractivity contribution is -0.140. The van der Waals surface area contributed by atoms with Gasteiger partial charge in [0.2, 0.25) is 0 Å². The third kappa shape index (κ3) is 3.81. The largest absolute Gasteiger partial charge is 0.507 e. The predicted molar refractivity (Wildman–Crippen MR) is 120 cm³/mol. The molecule has 4 nitrogen and oxygen atoms in total. The summed E-state index contributed by atoms with van der Waals surface area (Å²) >= 11 is 3.43. The first-order valence-electron chi connectivity index (χ1n) is 9.60. The van der Waals surface area contributed by atoms with Crippen LogP contribution in [0.25, 0.3) is 5.76 Å². The highest BCUT2D eigenvalue weighted by atomic mass is 79.9. The molecule has 1 amide bonds. The number of aryl methyl sites for hydroxylation is 1. The number of carbonyl (C=O) groups excluding carboxylic acids is 2. The minimum atomic E-state index is -0.670. The summed E-state index contributed by atoms with van der Waals surface area (Å²) in [6.45, 7) is 2.22. The number of amides is 1. The van der Waals surface area contributed by atoms with Crippen molar-refractivity contribution in [1.82, 2.24) is 4.90 Å². The van der Waals surface area contributed by atoms with E-state index in [0.29, 0.717) is 5.56 Å². The summed E-state index contributed by atoms with van der Waals surface area (Å²) < 4.78 is 0.893. The third-order valence-corrected chi connectivity index (χ3v) is 5.78. The Morgan fingerprint density at radius 1 is 0.933 bits per heavy atom. The molecule has 1 unspecified atom stereocenters. The molecular weight excluding hydrogens is 442 g/mol. The molecule has 1 atom stereocenters. The average Bonchev–Trinajstić information content (AvgIpc) is 3.00.